The van der Waals surface area contributed by atoms with Crippen molar-refractivity contribution in [2.45, 2.75) is 12.8 Å². The fourth-order valence-electron chi connectivity index (χ4n) is 0.381. The van der Waals surface area contributed by atoms with E-state index in [-0.39, 0.29) is 19.0 Å². The molecule has 9 heavy (non-hydrogen) atoms. The van der Waals surface area contributed by atoms with Crippen molar-refractivity contribution in [3.8, 4) is 0 Å². The van der Waals surface area contributed by atoms with Crippen molar-refractivity contribution in [2.24, 2.45) is 0 Å². The molecular weight excluding hydrogens is 143 g/mol. The molecule has 0 aromatic rings. The number of hydrogen-bond donors (Lipinski definition) is 2. The molecule has 0 spiro atoms. The summed E-state index contributed by atoms with van der Waals surface area (Å²) >= 11 is 0. The highest BCUT2D eigenvalue weighted by Crippen LogP contribution is 2.34. The molecule has 0 saturated heterocycles. The summed E-state index contributed by atoms with van der Waals surface area (Å²) in [7, 11) is -3.85. The Hall–Kier alpha value is -0.180. The summed E-state index contributed by atoms with van der Waals surface area (Å²) in [4.78, 5) is 26.1. The molecule has 0 aromatic carbocycles. The molecule has 0 saturated carbocycles. The second-order valence-electron chi connectivity index (χ2n) is 1.70. The molecule has 0 aliphatic rings. The van der Waals surface area contributed by atoms with Crippen LogP contribution >= 0.6 is 7.60 Å². The van der Waals surface area contributed by atoms with Crippen molar-refractivity contribution in [2.75, 3.05) is 6.16 Å². The Morgan fingerprint density at radius 2 is 2.00 bits per heavy atom. The van der Waals surface area contributed by atoms with E-state index in [0.717, 1.165) is 0 Å². The van der Waals surface area contributed by atoms with Gasteiger partial charge in [-0.25, -0.2) is 0 Å². The fourth-order valence-corrected chi connectivity index (χ4v) is 0.975. The van der Waals surface area contributed by atoms with Gasteiger partial charge in [-0.3, -0.25) is 4.57 Å². The van der Waals surface area contributed by atoms with Crippen LogP contribution in [-0.4, -0.2) is 22.2 Å². The van der Waals surface area contributed by atoms with Crippen LogP contribution in [0.1, 0.15) is 12.8 Å². The highest BCUT2D eigenvalue weighted by molar-refractivity contribution is 7.51. The second kappa shape index (κ2) is 3.77. The predicted molar refractivity (Wildman–Crippen MR) is 32.2 cm³/mol. The average Bonchev–Trinajstić information content (AvgIpc) is 1.63. The molecule has 0 bridgehead atoms. The standard InChI is InChI=1S/C4H9O4P/c5-3-1-2-4-9(6,7)8/h3H,1-2,4H2,(H2,6,7,8). The van der Waals surface area contributed by atoms with E-state index in [1.54, 1.807) is 0 Å². The number of rotatable bonds is 4. The first kappa shape index (κ1) is 8.82. The molecule has 0 radical (unpaired) electrons. The molecular formula is C4H9O4P. The van der Waals surface area contributed by atoms with E-state index >= 15 is 0 Å². The topological polar surface area (TPSA) is 74.6 Å². The van der Waals surface area contributed by atoms with Gasteiger partial charge in [0, 0.05) is 6.42 Å². The Morgan fingerprint density at radius 3 is 2.33 bits per heavy atom. The van der Waals surface area contributed by atoms with E-state index in [0.29, 0.717) is 6.29 Å². The van der Waals surface area contributed by atoms with Gasteiger partial charge < -0.3 is 14.6 Å². The van der Waals surface area contributed by atoms with E-state index in [9.17, 15) is 9.36 Å². The molecule has 2 N–H and O–H groups in total. The summed E-state index contributed by atoms with van der Waals surface area (Å²) in [5.74, 6) is 0. The Balaban J connectivity index is 3.28. The van der Waals surface area contributed by atoms with E-state index in [1.807, 2.05) is 0 Å². The molecule has 54 valence electrons. The summed E-state index contributed by atoms with van der Waals surface area (Å²) in [6, 6.07) is 0. The maximum atomic E-state index is 10.1. The minimum Gasteiger partial charge on any atom is -0.324 e. The number of aldehydes is 1. The third-order valence-corrected chi connectivity index (χ3v) is 1.67. The smallest absolute Gasteiger partial charge is 0.324 e. The van der Waals surface area contributed by atoms with Gasteiger partial charge in [-0.15, -0.1) is 0 Å². The van der Waals surface area contributed by atoms with Crippen LogP contribution in [0.5, 0.6) is 0 Å². The second-order valence-corrected chi connectivity index (χ2v) is 3.47. The third kappa shape index (κ3) is 7.82. The highest BCUT2D eigenvalue weighted by Gasteiger charge is 2.10. The van der Waals surface area contributed by atoms with Crippen LogP contribution in [-0.2, 0) is 9.36 Å². The number of unbranched alkanes of at least 4 members (excludes halogenated alkanes) is 1. The van der Waals surface area contributed by atoms with E-state index in [4.69, 9.17) is 9.79 Å². The molecule has 0 rings (SSSR count). The van der Waals surface area contributed by atoms with Gasteiger partial charge in [0.1, 0.15) is 6.29 Å². The maximum Gasteiger partial charge on any atom is 0.325 e. The largest absolute Gasteiger partial charge is 0.325 e. The summed E-state index contributed by atoms with van der Waals surface area (Å²) in [6.45, 7) is 0. The third-order valence-electron chi connectivity index (χ3n) is 0.771. The first-order valence-corrected chi connectivity index (χ1v) is 4.34. The summed E-state index contributed by atoms with van der Waals surface area (Å²) < 4.78 is 10.1. The van der Waals surface area contributed by atoms with E-state index in [2.05, 4.69) is 0 Å². The van der Waals surface area contributed by atoms with E-state index in [1.165, 1.54) is 0 Å². The minimum absolute atomic E-state index is 0.189. The number of hydrogen-bond acceptors (Lipinski definition) is 2. The minimum atomic E-state index is -3.85. The van der Waals surface area contributed by atoms with Crippen molar-refractivity contribution >= 4 is 13.9 Å². The first-order valence-electron chi connectivity index (χ1n) is 2.54. The molecule has 0 atom stereocenters. The molecule has 5 heteroatoms. The summed E-state index contributed by atoms with van der Waals surface area (Å²) in [5, 5.41) is 0. The molecule has 0 aliphatic heterocycles. The molecule has 4 nitrogen and oxygen atoms in total. The summed E-state index contributed by atoms with van der Waals surface area (Å²) in [5.41, 5.74) is 0. The van der Waals surface area contributed by atoms with Gasteiger partial charge in [-0.05, 0) is 6.42 Å². The molecule has 0 fully saturated rings. The highest BCUT2D eigenvalue weighted by atomic mass is 31.2. The van der Waals surface area contributed by atoms with Crippen LogP contribution in [0.3, 0.4) is 0 Å². The lowest BCUT2D eigenvalue weighted by molar-refractivity contribution is -0.107. The van der Waals surface area contributed by atoms with Crippen molar-refractivity contribution in [1.82, 2.24) is 0 Å². The predicted octanol–water partition coefficient (Wildman–Crippen LogP) is 0.143. The van der Waals surface area contributed by atoms with Crippen molar-refractivity contribution in [3.05, 3.63) is 0 Å². The maximum absolute atomic E-state index is 10.1. The number of carbonyl (C=O) groups is 1. The van der Waals surface area contributed by atoms with E-state index < -0.39 is 7.60 Å². The monoisotopic (exact) mass is 152 g/mol. The quantitative estimate of drug-likeness (QED) is 0.341. The van der Waals surface area contributed by atoms with Crippen molar-refractivity contribution in [3.63, 3.8) is 0 Å². The van der Waals surface area contributed by atoms with Crippen LogP contribution in [0.25, 0.3) is 0 Å². The first-order chi connectivity index (χ1) is 4.06. The lowest BCUT2D eigenvalue weighted by atomic mass is 10.4. The van der Waals surface area contributed by atoms with Crippen LogP contribution in [0.2, 0.25) is 0 Å². The molecule has 0 amide bonds. The summed E-state index contributed by atoms with van der Waals surface area (Å²) in [6.07, 6.45) is 0.959. The lowest BCUT2D eigenvalue weighted by Crippen LogP contribution is -1.87. The van der Waals surface area contributed by atoms with Crippen LogP contribution in [0.4, 0.5) is 0 Å². The molecule has 0 heterocycles. The van der Waals surface area contributed by atoms with Crippen LogP contribution < -0.4 is 0 Å². The average molecular weight is 152 g/mol. The lowest BCUT2D eigenvalue weighted by Gasteiger charge is -1.98. The van der Waals surface area contributed by atoms with Gasteiger partial charge in [0.25, 0.3) is 0 Å². The number of carbonyl (C=O) groups excluding carboxylic acids is 1. The Morgan fingerprint density at radius 1 is 1.44 bits per heavy atom. The van der Waals surface area contributed by atoms with Crippen LogP contribution in [0.15, 0.2) is 0 Å². The van der Waals surface area contributed by atoms with Crippen LogP contribution in [0, 0.1) is 0 Å². The van der Waals surface area contributed by atoms with Gasteiger partial charge >= 0.3 is 7.60 Å². The van der Waals surface area contributed by atoms with Gasteiger partial charge in [-0.2, -0.15) is 0 Å². The normalized spacial score (nSPS) is 11.3. The molecule has 0 aliphatic carbocycles. The molecule has 0 unspecified atom stereocenters. The van der Waals surface area contributed by atoms with Gasteiger partial charge in [-0.1, -0.05) is 0 Å². The van der Waals surface area contributed by atoms with Gasteiger partial charge in [0.2, 0.25) is 0 Å². The Kier molecular flexibility index (Phi) is 3.70. The zero-order valence-corrected chi connectivity index (χ0v) is 5.75. The Bertz CT molecular complexity index is 127. The van der Waals surface area contributed by atoms with Gasteiger partial charge in [0.05, 0.1) is 6.16 Å². The SMILES string of the molecule is O=CCCCP(=O)(O)O. The van der Waals surface area contributed by atoms with Crippen molar-refractivity contribution < 1.29 is 19.1 Å². The molecule has 0 aromatic heterocycles. The van der Waals surface area contributed by atoms with Crippen molar-refractivity contribution in [1.29, 1.82) is 0 Å². The zero-order chi connectivity index (χ0) is 7.33. The zero-order valence-electron chi connectivity index (χ0n) is 4.86. The Labute approximate surface area is 53.0 Å². The fraction of sp³-hybridized carbons (Fsp3) is 0.750. The van der Waals surface area contributed by atoms with Gasteiger partial charge in [0.15, 0.2) is 0 Å².